The number of hydrogen-bond acceptors (Lipinski definition) is 3. The van der Waals surface area contributed by atoms with Gasteiger partial charge in [-0.15, -0.1) is 0 Å². The van der Waals surface area contributed by atoms with E-state index in [4.69, 9.17) is 16.0 Å². The van der Waals surface area contributed by atoms with Crippen LogP contribution in [0, 0.1) is 0 Å². The van der Waals surface area contributed by atoms with Crippen LogP contribution in [0.4, 0.5) is 0 Å². The van der Waals surface area contributed by atoms with Crippen LogP contribution in [0.2, 0.25) is 5.22 Å². The van der Waals surface area contributed by atoms with Crippen LogP contribution in [0.1, 0.15) is 24.3 Å². The van der Waals surface area contributed by atoms with E-state index in [2.05, 4.69) is 5.10 Å². The molecule has 0 aliphatic carbocycles. The first-order valence-corrected chi connectivity index (χ1v) is 6.94. The zero-order valence-corrected chi connectivity index (χ0v) is 11.8. The molecule has 3 aromatic rings. The summed E-state index contributed by atoms with van der Waals surface area (Å²) in [5.41, 5.74) is 2.55. The van der Waals surface area contributed by atoms with Crippen molar-refractivity contribution in [2.45, 2.75) is 26.0 Å². The number of halogens is 1. The van der Waals surface area contributed by atoms with Gasteiger partial charge in [-0.3, -0.25) is 4.68 Å². The highest BCUT2D eigenvalue weighted by Gasteiger charge is 2.18. The van der Waals surface area contributed by atoms with Crippen molar-refractivity contribution in [1.29, 1.82) is 0 Å². The lowest BCUT2D eigenvalue weighted by atomic mass is 10.1. The van der Waals surface area contributed by atoms with E-state index in [-0.39, 0.29) is 5.22 Å². The van der Waals surface area contributed by atoms with E-state index in [1.165, 1.54) is 6.26 Å². The lowest BCUT2D eigenvalue weighted by molar-refractivity contribution is 0.176. The van der Waals surface area contributed by atoms with Crippen molar-refractivity contribution < 1.29 is 9.52 Å². The predicted octanol–water partition coefficient (Wildman–Crippen LogP) is 3.58. The summed E-state index contributed by atoms with van der Waals surface area (Å²) in [6, 6.07) is 9.71. The number of rotatable bonds is 4. The van der Waals surface area contributed by atoms with Gasteiger partial charge in [0, 0.05) is 23.9 Å². The van der Waals surface area contributed by atoms with Crippen LogP contribution in [-0.4, -0.2) is 14.9 Å². The standard InChI is InChI=1S/C15H15ClN2O2/c1-2-18-13-6-4-3-5-10(13)12(17-18)9-14(19)11-7-8-20-15(11)16/h3-8,14,19H,2,9H2,1H3. The molecule has 5 heteroatoms. The van der Waals surface area contributed by atoms with Crippen LogP contribution in [0.5, 0.6) is 0 Å². The molecule has 3 rings (SSSR count). The predicted molar refractivity (Wildman–Crippen MR) is 77.8 cm³/mol. The van der Waals surface area contributed by atoms with Crippen molar-refractivity contribution >= 4 is 22.5 Å². The summed E-state index contributed by atoms with van der Waals surface area (Å²) in [5, 5.41) is 16.2. The Kier molecular flexibility index (Phi) is 3.51. The fraction of sp³-hybridized carbons (Fsp3) is 0.267. The monoisotopic (exact) mass is 290 g/mol. The highest BCUT2D eigenvalue weighted by atomic mass is 35.5. The van der Waals surface area contributed by atoms with Crippen molar-refractivity contribution in [3.8, 4) is 0 Å². The SMILES string of the molecule is CCn1nc(CC(O)c2ccoc2Cl)c2ccccc21. The third-order valence-electron chi connectivity index (χ3n) is 3.43. The molecule has 20 heavy (non-hydrogen) atoms. The van der Waals surface area contributed by atoms with E-state index in [1.54, 1.807) is 6.07 Å². The van der Waals surface area contributed by atoms with E-state index in [0.29, 0.717) is 12.0 Å². The summed E-state index contributed by atoms with van der Waals surface area (Å²) in [6.07, 6.45) is 1.17. The second kappa shape index (κ2) is 5.31. The molecule has 4 nitrogen and oxygen atoms in total. The lowest BCUT2D eigenvalue weighted by Gasteiger charge is -2.07. The molecule has 0 bridgehead atoms. The van der Waals surface area contributed by atoms with Gasteiger partial charge in [0.15, 0.2) is 5.22 Å². The Morgan fingerprint density at radius 2 is 2.15 bits per heavy atom. The third kappa shape index (κ3) is 2.21. The Morgan fingerprint density at radius 1 is 1.35 bits per heavy atom. The van der Waals surface area contributed by atoms with Gasteiger partial charge in [-0.2, -0.15) is 5.10 Å². The molecule has 0 spiro atoms. The van der Waals surface area contributed by atoms with E-state index < -0.39 is 6.10 Å². The Balaban J connectivity index is 1.97. The largest absolute Gasteiger partial charge is 0.453 e. The molecule has 0 radical (unpaired) electrons. The fourth-order valence-corrected chi connectivity index (χ4v) is 2.66. The zero-order chi connectivity index (χ0) is 14.1. The molecule has 0 aliphatic heterocycles. The number of aliphatic hydroxyl groups excluding tert-OH is 1. The van der Waals surface area contributed by atoms with Crippen LogP contribution >= 0.6 is 11.6 Å². The van der Waals surface area contributed by atoms with Gasteiger partial charge < -0.3 is 9.52 Å². The van der Waals surface area contributed by atoms with Gasteiger partial charge in [-0.25, -0.2) is 0 Å². The van der Waals surface area contributed by atoms with Gasteiger partial charge in [-0.1, -0.05) is 18.2 Å². The van der Waals surface area contributed by atoms with Crippen molar-refractivity contribution in [3.05, 3.63) is 53.1 Å². The van der Waals surface area contributed by atoms with Crippen LogP contribution in [0.3, 0.4) is 0 Å². The quantitative estimate of drug-likeness (QED) is 0.799. The maximum absolute atomic E-state index is 10.3. The van der Waals surface area contributed by atoms with Crippen LogP contribution in [0.25, 0.3) is 10.9 Å². The van der Waals surface area contributed by atoms with Crippen LogP contribution in [-0.2, 0) is 13.0 Å². The zero-order valence-electron chi connectivity index (χ0n) is 11.1. The Morgan fingerprint density at radius 3 is 2.85 bits per heavy atom. The molecule has 0 aliphatic rings. The molecular formula is C15H15ClN2O2. The number of aryl methyl sites for hydroxylation is 1. The molecule has 1 unspecified atom stereocenters. The number of aromatic nitrogens is 2. The molecular weight excluding hydrogens is 276 g/mol. The number of aliphatic hydroxyl groups is 1. The van der Waals surface area contributed by atoms with E-state index in [9.17, 15) is 5.11 Å². The number of benzene rings is 1. The number of nitrogens with zero attached hydrogens (tertiary/aromatic N) is 2. The summed E-state index contributed by atoms with van der Waals surface area (Å²) in [6.45, 7) is 2.84. The van der Waals surface area contributed by atoms with Gasteiger partial charge in [0.05, 0.1) is 23.6 Å². The van der Waals surface area contributed by atoms with Crippen molar-refractivity contribution in [2.24, 2.45) is 0 Å². The summed E-state index contributed by atoms with van der Waals surface area (Å²) in [5.74, 6) is 0. The first-order chi connectivity index (χ1) is 9.70. The topological polar surface area (TPSA) is 51.2 Å². The molecule has 104 valence electrons. The molecule has 0 saturated heterocycles. The molecule has 2 aromatic heterocycles. The van der Waals surface area contributed by atoms with Crippen LogP contribution < -0.4 is 0 Å². The highest BCUT2D eigenvalue weighted by Crippen LogP contribution is 2.28. The van der Waals surface area contributed by atoms with Crippen molar-refractivity contribution in [1.82, 2.24) is 9.78 Å². The average Bonchev–Trinajstić information content (AvgIpc) is 3.03. The first kappa shape index (κ1) is 13.2. The van der Waals surface area contributed by atoms with Gasteiger partial charge in [0.1, 0.15) is 0 Å². The van der Waals surface area contributed by atoms with Gasteiger partial charge in [0.2, 0.25) is 0 Å². The molecule has 2 heterocycles. The Labute approximate surface area is 121 Å². The highest BCUT2D eigenvalue weighted by molar-refractivity contribution is 6.29. The minimum atomic E-state index is -0.718. The number of furan rings is 1. The maximum atomic E-state index is 10.3. The van der Waals surface area contributed by atoms with Gasteiger partial charge in [-0.05, 0) is 30.7 Å². The normalized spacial score (nSPS) is 12.9. The third-order valence-corrected chi connectivity index (χ3v) is 3.73. The molecule has 1 N–H and O–H groups in total. The minimum absolute atomic E-state index is 0.233. The maximum Gasteiger partial charge on any atom is 0.198 e. The Bertz CT molecular complexity index is 732. The first-order valence-electron chi connectivity index (χ1n) is 6.56. The second-order valence-corrected chi connectivity index (χ2v) is 4.99. The summed E-state index contributed by atoms with van der Waals surface area (Å²) < 4.78 is 6.96. The number of para-hydroxylation sites is 1. The Hall–Kier alpha value is -1.78. The molecule has 1 atom stereocenters. The van der Waals surface area contributed by atoms with E-state index in [0.717, 1.165) is 23.1 Å². The number of fused-ring (bicyclic) bond motifs is 1. The second-order valence-electron chi connectivity index (χ2n) is 4.65. The summed E-state index contributed by atoms with van der Waals surface area (Å²) >= 11 is 5.90. The van der Waals surface area contributed by atoms with Gasteiger partial charge in [0.25, 0.3) is 0 Å². The van der Waals surface area contributed by atoms with Crippen molar-refractivity contribution in [2.75, 3.05) is 0 Å². The molecule has 0 fully saturated rings. The average molecular weight is 291 g/mol. The fourth-order valence-electron chi connectivity index (χ4n) is 2.42. The van der Waals surface area contributed by atoms with Gasteiger partial charge >= 0.3 is 0 Å². The number of hydrogen-bond donors (Lipinski definition) is 1. The van der Waals surface area contributed by atoms with Crippen LogP contribution in [0.15, 0.2) is 41.0 Å². The molecule has 0 amide bonds. The molecule has 1 aromatic carbocycles. The lowest BCUT2D eigenvalue weighted by Crippen LogP contribution is -2.03. The van der Waals surface area contributed by atoms with Crippen molar-refractivity contribution in [3.63, 3.8) is 0 Å². The minimum Gasteiger partial charge on any atom is -0.453 e. The summed E-state index contributed by atoms with van der Waals surface area (Å²) in [4.78, 5) is 0. The van der Waals surface area contributed by atoms with E-state index in [1.807, 2.05) is 35.9 Å². The summed E-state index contributed by atoms with van der Waals surface area (Å²) in [7, 11) is 0. The smallest absolute Gasteiger partial charge is 0.198 e. The van der Waals surface area contributed by atoms with E-state index >= 15 is 0 Å². The molecule has 0 saturated carbocycles.